The zero-order valence-corrected chi connectivity index (χ0v) is 45.4. The molecule has 7 aliphatic rings. The zero-order valence-electron chi connectivity index (χ0n) is 43.8. The van der Waals surface area contributed by atoms with Crippen LogP contribution in [0.3, 0.4) is 0 Å². The Morgan fingerprint density at radius 2 is 1.76 bits per heavy atom. The lowest BCUT2D eigenvalue weighted by Crippen LogP contribution is -2.75. The number of sulfone groups is 1. The second-order valence-corrected chi connectivity index (χ2v) is 26.2. The number of carbonyl (C=O) groups excluding carboxylic acids is 2. The molecule has 398 valence electrons. The minimum Gasteiger partial charge on any atom is -0.489 e. The molecule has 3 N–H and O–H groups in total. The summed E-state index contributed by atoms with van der Waals surface area (Å²) in [6.07, 6.45) is 12.2. The topological polar surface area (TPSA) is 162 Å². The van der Waals surface area contributed by atoms with Crippen LogP contribution < -0.4 is 25.4 Å². The summed E-state index contributed by atoms with van der Waals surface area (Å²) in [5, 5.41) is 20.4. The summed E-state index contributed by atoms with van der Waals surface area (Å²) in [5.41, 5.74) is 1.65. The summed E-state index contributed by atoms with van der Waals surface area (Å²) in [4.78, 5) is 31.6. The van der Waals surface area contributed by atoms with Crippen LogP contribution in [0.4, 0.5) is 4.39 Å². The van der Waals surface area contributed by atoms with Crippen molar-refractivity contribution in [3.63, 3.8) is 0 Å². The smallest absolute Gasteiger partial charge is 0.244 e. The van der Waals surface area contributed by atoms with E-state index in [9.17, 15) is 23.3 Å². The van der Waals surface area contributed by atoms with Crippen LogP contribution in [0.1, 0.15) is 116 Å². The number of carbonyl (C=O) groups is 2. The molecule has 74 heavy (non-hydrogen) atoms. The van der Waals surface area contributed by atoms with Gasteiger partial charge in [0.25, 0.3) is 0 Å². The number of likely N-dealkylation sites (N-methyl/N-ethyl adjacent to an activating group) is 1. The van der Waals surface area contributed by atoms with Crippen molar-refractivity contribution in [2.75, 3.05) is 39.0 Å². The number of nitrogens with zero attached hydrogens (tertiary/aromatic N) is 3. The summed E-state index contributed by atoms with van der Waals surface area (Å²) in [7, 11) is -1.84. The van der Waals surface area contributed by atoms with Gasteiger partial charge in [0.1, 0.15) is 23.7 Å². The lowest BCUT2D eigenvalue weighted by atomic mass is 9.49. The predicted octanol–water partition coefficient (Wildman–Crippen LogP) is 9.27. The molecule has 0 bridgehead atoms. The Balaban J connectivity index is 0.697. The summed E-state index contributed by atoms with van der Waals surface area (Å²) in [5.74, 6) is 2.31. The maximum atomic E-state index is 16.4. The van der Waals surface area contributed by atoms with Crippen molar-refractivity contribution in [3.05, 3.63) is 88.3 Å². The van der Waals surface area contributed by atoms with Crippen LogP contribution in [0, 0.1) is 57.6 Å². The van der Waals surface area contributed by atoms with E-state index >= 15 is 4.39 Å². The third-order valence-corrected chi connectivity index (χ3v) is 20.2. The Morgan fingerprint density at radius 3 is 2.47 bits per heavy atom. The second-order valence-electron chi connectivity index (χ2n) is 23.5. The van der Waals surface area contributed by atoms with Crippen LogP contribution in [0.15, 0.2) is 65.7 Å². The number of benzene rings is 3. The molecule has 0 aromatic heterocycles. The number of piperidine rings is 2. The van der Waals surface area contributed by atoms with Crippen molar-refractivity contribution >= 4 is 38.8 Å². The Morgan fingerprint density at radius 1 is 0.973 bits per heavy atom. The number of hydrogen-bond acceptors (Lipinski definition) is 11. The van der Waals surface area contributed by atoms with Crippen molar-refractivity contribution in [2.24, 2.45) is 40.4 Å². The van der Waals surface area contributed by atoms with Crippen molar-refractivity contribution in [2.45, 2.75) is 147 Å². The van der Waals surface area contributed by atoms with Crippen LogP contribution in [-0.4, -0.2) is 106 Å². The number of ether oxygens (including phenoxy) is 3. The van der Waals surface area contributed by atoms with E-state index in [-0.39, 0.29) is 81.3 Å². The number of likely N-dealkylation sites (tertiary alicyclic amines) is 1. The fraction of sp³-hybridized carbons (Fsp3) is 0.603. The first kappa shape index (κ1) is 52.9. The van der Waals surface area contributed by atoms with E-state index in [0.29, 0.717) is 71.0 Å². The zero-order chi connectivity index (χ0) is 52.3. The fourth-order valence-corrected chi connectivity index (χ4v) is 15.3. The van der Waals surface area contributed by atoms with E-state index in [0.717, 1.165) is 63.1 Å². The monoisotopic (exact) mass is 1050 g/mol. The third kappa shape index (κ3) is 10.4. The van der Waals surface area contributed by atoms with Crippen LogP contribution in [0.5, 0.6) is 17.2 Å². The number of hydrogen-bond donors (Lipinski definition) is 3. The van der Waals surface area contributed by atoms with Gasteiger partial charge >= 0.3 is 0 Å². The molecule has 4 aliphatic heterocycles. The molecule has 3 aromatic carbocycles. The molecule has 3 aromatic rings. The quantitative estimate of drug-likeness (QED) is 0.117. The largest absolute Gasteiger partial charge is 0.489 e. The normalized spacial score (nSPS) is 30.6. The standard InChI is InChI=1S/C58H74ClFN6O7S/c1-7-74(69,70)40-19-20-48(43(29-40)45-33-65(6)54(68)52-44(45)30-47(63-52)41-14-8-12-35-27-42(35)41)73-49-15-9-11-34(51(49)60)13-10-26-71-38-22-24-66(25-23-38)50-21-17-37(32-62-50)53(67)64-55-57(2,3)56(58(55,4)5)72-39-18-16-36(31-61)46(59)28-39/h9,11,15-16,18-20,28-29,33,35,37-38,41-42,44,47,50,52,55-56,62-63H,7-8,10,12-14,17,21-27,30,32H2,1-6H3,(H,64,67). The third-order valence-electron chi connectivity index (χ3n) is 18.1. The first-order chi connectivity index (χ1) is 35.4. The molecular formula is C58H74ClFN6O7S. The minimum absolute atomic E-state index is 0.00206. The van der Waals surface area contributed by atoms with E-state index in [1.54, 1.807) is 67.4 Å². The number of nitrogens with one attached hydrogen (secondary N) is 3. The molecule has 8 atom stereocenters. The van der Waals surface area contributed by atoms with Crippen molar-refractivity contribution in [1.29, 1.82) is 5.26 Å². The molecule has 8 unspecified atom stereocenters. The number of rotatable bonds is 16. The van der Waals surface area contributed by atoms with E-state index < -0.39 is 21.7 Å². The van der Waals surface area contributed by atoms with Crippen molar-refractivity contribution in [1.82, 2.24) is 25.8 Å². The minimum atomic E-state index is -3.58. The van der Waals surface area contributed by atoms with Gasteiger partial charge in [-0.2, -0.15) is 5.26 Å². The van der Waals surface area contributed by atoms with Crippen LogP contribution in [0.25, 0.3) is 5.57 Å². The molecule has 4 heterocycles. The van der Waals surface area contributed by atoms with Gasteiger partial charge < -0.3 is 35.1 Å². The van der Waals surface area contributed by atoms with Crippen molar-refractivity contribution < 1.29 is 36.6 Å². The van der Waals surface area contributed by atoms with E-state index in [1.807, 2.05) is 6.20 Å². The highest BCUT2D eigenvalue weighted by atomic mass is 35.5. The summed E-state index contributed by atoms with van der Waals surface area (Å²) in [6.45, 7) is 13.0. The molecule has 0 spiro atoms. The highest BCUT2D eigenvalue weighted by Gasteiger charge is 2.64. The molecule has 13 nitrogen and oxygen atoms in total. The first-order valence-electron chi connectivity index (χ1n) is 27.2. The molecule has 3 saturated heterocycles. The van der Waals surface area contributed by atoms with Gasteiger partial charge in [-0.15, -0.1) is 0 Å². The Kier molecular flexibility index (Phi) is 15.1. The van der Waals surface area contributed by atoms with E-state index in [2.05, 4.69) is 54.6 Å². The van der Waals surface area contributed by atoms with E-state index in [1.165, 1.54) is 25.3 Å². The van der Waals surface area contributed by atoms with Crippen LogP contribution in [0.2, 0.25) is 5.02 Å². The number of halogens is 2. The molecule has 3 saturated carbocycles. The number of aryl methyl sites for hydroxylation is 1. The summed E-state index contributed by atoms with van der Waals surface area (Å²) < 4.78 is 62.2. The molecular weight excluding hydrogens is 979 g/mol. The molecule has 3 aliphatic carbocycles. The lowest BCUT2D eigenvalue weighted by Gasteiger charge is -2.63. The van der Waals surface area contributed by atoms with Gasteiger partial charge in [-0.25, -0.2) is 12.8 Å². The Labute approximate surface area is 442 Å². The fourth-order valence-electron chi connectivity index (χ4n) is 14.2. The van der Waals surface area contributed by atoms with Crippen LogP contribution >= 0.6 is 11.6 Å². The average molecular weight is 1050 g/mol. The van der Waals surface area contributed by atoms with Gasteiger partial charge in [-0.3, -0.25) is 14.5 Å². The summed E-state index contributed by atoms with van der Waals surface area (Å²) >= 11 is 6.29. The molecule has 10 rings (SSSR count). The molecule has 6 fully saturated rings. The number of amides is 2. The van der Waals surface area contributed by atoms with E-state index in [4.69, 9.17) is 25.8 Å². The van der Waals surface area contributed by atoms with Gasteiger partial charge in [0, 0.05) is 80.0 Å². The van der Waals surface area contributed by atoms with Gasteiger partial charge in [0.2, 0.25) is 11.8 Å². The highest BCUT2D eigenvalue weighted by molar-refractivity contribution is 7.91. The maximum Gasteiger partial charge on any atom is 0.244 e. The number of nitriles is 1. The average Bonchev–Trinajstić information content (AvgIpc) is 4.07. The van der Waals surface area contributed by atoms with Gasteiger partial charge in [0.15, 0.2) is 21.4 Å². The Bertz CT molecular complexity index is 2790. The first-order valence-corrected chi connectivity index (χ1v) is 29.2. The molecule has 16 heteroatoms. The van der Waals surface area contributed by atoms with Crippen LogP contribution in [-0.2, 0) is 30.6 Å². The number of fused-ring (bicyclic) bond motifs is 2. The lowest BCUT2D eigenvalue weighted by molar-refractivity contribution is -0.175. The predicted molar refractivity (Wildman–Crippen MR) is 283 cm³/mol. The second kappa shape index (κ2) is 21.1. The van der Waals surface area contributed by atoms with Gasteiger partial charge in [-0.1, -0.05) is 71.2 Å². The Hall–Kier alpha value is -4.56. The summed E-state index contributed by atoms with van der Waals surface area (Å²) in [6, 6.07) is 16.9. The molecule has 2 amide bonds. The maximum absolute atomic E-state index is 16.4. The van der Waals surface area contributed by atoms with Gasteiger partial charge in [0.05, 0.1) is 45.5 Å². The molecule has 0 radical (unpaired) electrons. The SMILES string of the molecule is CCS(=O)(=O)c1ccc(Oc2cccc(CCCOC3CCN(C4CCC(C(=O)NC5C(C)(C)C(Oc6ccc(C#N)c(Cl)c6)C5(C)C)CN4)CC3)c2F)c(C2=CN(C)C(=O)C3NC(C4CCCC5CC54)CC23)c1. The van der Waals surface area contributed by atoms with Gasteiger partial charge in [-0.05, 0) is 123 Å². The highest BCUT2D eigenvalue weighted by Crippen LogP contribution is 2.57. The van der Waals surface area contributed by atoms with Crippen molar-refractivity contribution in [3.8, 4) is 23.3 Å².